The second kappa shape index (κ2) is 7.31. The molecule has 25 heavy (non-hydrogen) atoms. The minimum absolute atomic E-state index is 0.0495. The summed E-state index contributed by atoms with van der Waals surface area (Å²) in [6, 6.07) is 6.30. The van der Waals surface area contributed by atoms with Crippen LogP contribution in [0.1, 0.15) is 43.1 Å². The maximum Gasteiger partial charge on any atom is 0.293 e. The van der Waals surface area contributed by atoms with Gasteiger partial charge in [-0.05, 0) is 30.9 Å². The Morgan fingerprint density at radius 3 is 2.84 bits per heavy atom. The highest BCUT2D eigenvalue weighted by atomic mass is 19.1. The van der Waals surface area contributed by atoms with Gasteiger partial charge in [-0.1, -0.05) is 26.0 Å². The molecule has 2 aromatic rings. The Bertz CT molecular complexity index is 761. The molecular formula is C18H23FN4O2. The maximum atomic E-state index is 14.1. The number of aliphatic hydroxyl groups is 1. The van der Waals surface area contributed by atoms with E-state index in [1.54, 1.807) is 23.1 Å². The van der Waals surface area contributed by atoms with Crippen molar-refractivity contribution in [2.45, 2.75) is 39.2 Å². The van der Waals surface area contributed by atoms with E-state index in [1.807, 2.05) is 13.8 Å². The topological polar surface area (TPSA) is 71.2 Å². The zero-order valence-corrected chi connectivity index (χ0v) is 14.5. The molecule has 1 fully saturated rings. The third-order valence-corrected chi connectivity index (χ3v) is 4.63. The Labute approximate surface area is 146 Å². The van der Waals surface area contributed by atoms with Crippen molar-refractivity contribution in [3.63, 3.8) is 0 Å². The zero-order chi connectivity index (χ0) is 18.0. The summed E-state index contributed by atoms with van der Waals surface area (Å²) in [5, 5.41) is 14.3. The number of amides is 1. The molecule has 1 saturated heterocycles. The van der Waals surface area contributed by atoms with Crippen molar-refractivity contribution < 1.29 is 14.3 Å². The number of likely N-dealkylation sites (tertiary alicyclic amines) is 1. The molecule has 2 atom stereocenters. The van der Waals surface area contributed by atoms with Gasteiger partial charge in [0.25, 0.3) is 5.91 Å². The van der Waals surface area contributed by atoms with Gasteiger partial charge in [0.15, 0.2) is 0 Å². The number of carbonyl (C=O) groups excluding carboxylic acids is 1. The molecule has 134 valence electrons. The molecule has 1 aromatic heterocycles. The van der Waals surface area contributed by atoms with Gasteiger partial charge in [0.05, 0.1) is 6.10 Å². The van der Waals surface area contributed by atoms with Crippen LogP contribution in [0, 0.1) is 11.7 Å². The SMILES string of the molecule is CCCc1nc(C(=O)N2CCC(C)C(O)C2)nn1-c1ccccc1F. The number of halogens is 1. The van der Waals surface area contributed by atoms with Crippen LogP contribution in [0.25, 0.3) is 5.69 Å². The number of hydrogen-bond acceptors (Lipinski definition) is 4. The summed E-state index contributed by atoms with van der Waals surface area (Å²) in [5.74, 6) is 0.0447. The lowest BCUT2D eigenvalue weighted by Gasteiger charge is -2.33. The predicted molar refractivity (Wildman–Crippen MR) is 91.0 cm³/mol. The summed E-state index contributed by atoms with van der Waals surface area (Å²) in [6.45, 7) is 4.80. The largest absolute Gasteiger partial charge is 0.391 e. The Balaban J connectivity index is 1.91. The number of β-amino-alcohol motifs (C(OH)–C–C–N with tert-alkyl or cyclic N) is 1. The number of aliphatic hydroxyl groups excluding tert-OH is 1. The Morgan fingerprint density at radius 2 is 2.16 bits per heavy atom. The Kier molecular flexibility index (Phi) is 5.13. The van der Waals surface area contributed by atoms with Gasteiger partial charge in [-0.2, -0.15) is 0 Å². The summed E-state index contributed by atoms with van der Waals surface area (Å²) in [5.41, 5.74) is 0.282. The van der Waals surface area contributed by atoms with Crippen molar-refractivity contribution in [3.05, 3.63) is 41.7 Å². The van der Waals surface area contributed by atoms with Crippen LogP contribution in [0.15, 0.2) is 24.3 Å². The van der Waals surface area contributed by atoms with Crippen molar-refractivity contribution >= 4 is 5.91 Å². The average molecular weight is 346 g/mol. The monoisotopic (exact) mass is 346 g/mol. The molecule has 0 aliphatic carbocycles. The fourth-order valence-electron chi connectivity index (χ4n) is 3.01. The molecule has 1 aliphatic heterocycles. The molecule has 1 N–H and O–H groups in total. The fraction of sp³-hybridized carbons (Fsp3) is 0.500. The number of carbonyl (C=O) groups is 1. The predicted octanol–water partition coefficient (Wildman–Crippen LogP) is 2.20. The first-order valence-corrected chi connectivity index (χ1v) is 8.69. The smallest absolute Gasteiger partial charge is 0.293 e. The van der Waals surface area contributed by atoms with Crippen LogP contribution >= 0.6 is 0 Å². The fourth-order valence-corrected chi connectivity index (χ4v) is 3.01. The summed E-state index contributed by atoms with van der Waals surface area (Å²) >= 11 is 0. The Morgan fingerprint density at radius 1 is 1.40 bits per heavy atom. The molecular weight excluding hydrogens is 323 g/mol. The van der Waals surface area contributed by atoms with Gasteiger partial charge in [0.2, 0.25) is 5.82 Å². The van der Waals surface area contributed by atoms with Crippen LogP contribution < -0.4 is 0 Å². The van der Waals surface area contributed by atoms with Crippen LogP contribution in [-0.4, -0.2) is 49.9 Å². The molecule has 2 heterocycles. The van der Waals surface area contributed by atoms with Crippen LogP contribution in [0.2, 0.25) is 0 Å². The third kappa shape index (κ3) is 3.56. The number of piperidine rings is 1. The summed E-state index contributed by atoms with van der Waals surface area (Å²) in [4.78, 5) is 18.6. The summed E-state index contributed by atoms with van der Waals surface area (Å²) in [7, 11) is 0. The highest BCUT2D eigenvalue weighted by molar-refractivity contribution is 5.90. The second-order valence-corrected chi connectivity index (χ2v) is 6.55. The molecule has 1 aromatic carbocycles. The van der Waals surface area contributed by atoms with E-state index in [-0.39, 0.29) is 29.9 Å². The number of para-hydroxylation sites is 1. The maximum absolute atomic E-state index is 14.1. The van der Waals surface area contributed by atoms with E-state index in [0.717, 1.165) is 12.8 Å². The zero-order valence-electron chi connectivity index (χ0n) is 14.5. The molecule has 7 heteroatoms. The first-order chi connectivity index (χ1) is 12.0. The van der Waals surface area contributed by atoms with Gasteiger partial charge in [-0.25, -0.2) is 14.1 Å². The minimum Gasteiger partial charge on any atom is -0.391 e. The van der Waals surface area contributed by atoms with E-state index >= 15 is 0 Å². The highest BCUT2D eigenvalue weighted by Gasteiger charge is 2.30. The number of nitrogens with zero attached hydrogens (tertiary/aromatic N) is 4. The lowest BCUT2D eigenvalue weighted by Crippen LogP contribution is -2.46. The van der Waals surface area contributed by atoms with Crippen molar-refractivity contribution in [2.24, 2.45) is 5.92 Å². The van der Waals surface area contributed by atoms with E-state index in [9.17, 15) is 14.3 Å². The number of rotatable bonds is 4. The van der Waals surface area contributed by atoms with Crippen molar-refractivity contribution in [2.75, 3.05) is 13.1 Å². The van der Waals surface area contributed by atoms with E-state index < -0.39 is 11.9 Å². The number of aryl methyl sites for hydroxylation is 1. The van der Waals surface area contributed by atoms with Crippen LogP contribution in [0.3, 0.4) is 0 Å². The summed E-state index contributed by atoms with van der Waals surface area (Å²) in [6.07, 6.45) is 1.60. The van der Waals surface area contributed by atoms with Crippen molar-refractivity contribution in [3.8, 4) is 5.69 Å². The number of hydrogen-bond donors (Lipinski definition) is 1. The molecule has 1 amide bonds. The molecule has 0 spiro atoms. The van der Waals surface area contributed by atoms with Gasteiger partial charge >= 0.3 is 0 Å². The molecule has 3 rings (SSSR count). The molecule has 6 nitrogen and oxygen atoms in total. The van der Waals surface area contributed by atoms with Gasteiger partial charge < -0.3 is 10.0 Å². The Hall–Kier alpha value is -2.28. The van der Waals surface area contributed by atoms with Gasteiger partial charge in [0, 0.05) is 19.5 Å². The van der Waals surface area contributed by atoms with Crippen LogP contribution in [-0.2, 0) is 6.42 Å². The van der Waals surface area contributed by atoms with Gasteiger partial charge in [-0.15, -0.1) is 5.10 Å². The minimum atomic E-state index is -0.540. The number of benzene rings is 1. The highest BCUT2D eigenvalue weighted by Crippen LogP contribution is 2.20. The van der Waals surface area contributed by atoms with E-state index in [0.29, 0.717) is 18.8 Å². The van der Waals surface area contributed by atoms with Crippen molar-refractivity contribution in [1.82, 2.24) is 19.7 Å². The van der Waals surface area contributed by atoms with E-state index in [4.69, 9.17) is 0 Å². The van der Waals surface area contributed by atoms with Crippen molar-refractivity contribution in [1.29, 1.82) is 0 Å². The lowest BCUT2D eigenvalue weighted by atomic mass is 9.96. The first-order valence-electron chi connectivity index (χ1n) is 8.69. The molecule has 0 bridgehead atoms. The quantitative estimate of drug-likeness (QED) is 0.921. The normalized spacial score (nSPS) is 20.7. The van der Waals surface area contributed by atoms with Gasteiger partial charge in [0.1, 0.15) is 17.3 Å². The van der Waals surface area contributed by atoms with E-state index in [1.165, 1.54) is 10.7 Å². The number of aromatic nitrogens is 3. The molecule has 1 aliphatic rings. The first kappa shape index (κ1) is 17.5. The van der Waals surface area contributed by atoms with Crippen LogP contribution in [0.4, 0.5) is 4.39 Å². The lowest BCUT2D eigenvalue weighted by molar-refractivity contribution is 0.0241. The van der Waals surface area contributed by atoms with E-state index in [2.05, 4.69) is 10.1 Å². The van der Waals surface area contributed by atoms with Gasteiger partial charge in [-0.3, -0.25) is 4.79 Å². The molecule has 2 unspecified atom stereocenters. The standard InChI is InChI=1S/C18H23FN4O2/c1-3-6-16-20-17(18(25)22-10-9-12(2)15(24)11-22)21-23(16)14-8-5-4-7-13(14)19/h4-5,7-8,12,15,24H,3,6,9-11H2,1-2H3. The summed E-state index contributed by atoms with van der Waals surface area (Å²) < 4.78 is 15.5. The molecule has 0 saturated carbocycles. The van der Waals surface area contributed by atoms with Crippen LogP contribution in [0.5, 0.6) is 0 Å². The average Bonchev–Trinajstić information content (AvgIpc) is 3.01. The molecule has 0 radical (unpaired) electrons. The second-order valence-electron chi connectivity index (χ2n) is 6.55. The third-order valence-electron chi connectivity index (χ3n) is 4.63.